The molecule has 0 saturated carbocycles. The van der Waals surface area contributed by atoms with E-state index in [0.29, 0.717) is 0 Å². The molecule has 234 valence electrons. The van der Waals surface area contributed by atoms with Gasteiger partial charge in [0, 0.05) is 0 Å². The van der Waals surface area contributed by atoms with Gasteiger partial charge in [-0.15, -0.1) is 0 Å². The van der Waals surface area contributed by atoms with E-state index in [1.807, 2.05) is 20.8 Å². The van der Waals surface area contributed by atoms with E-state index in [9.17, 15) is 0 Å². The minimum absolute atomic E-state index is 1.26. The number of rotatable bonds is 4. The minimum atomic E-state index is 1.26. The second-order valence-corrected chi connectivity index (χ2v) is 11.8. The quantitative estimate of drug-likeness (QED) is 0.137. The average molecular weight is 611 g/mol. The lowest BCUT2D eigenvalue weighted by Gasteiger charge is -2.14. The van der Waals surface area contributed by atoms with E-state index in [1.54, 1.807) is 0 Å². The number of aryl methyl sites for hydroxylation is 3. The van der Waals surface area contributed by atoms with Gasteiger partial charge in [0.05, 0.1) is 0 Å². The molecule has 0 spiro atoms. The third-order valence-electron chi connectivity index (χ3n) is 8.79. The molecule has 0 saturated heterocycles. The van der Waals surface area contributed by atoms with Crippen LogP contribution in [-0.2, 0) is 0 Å². The number of hydrogen-bond donors (Lipinski definition) is 0. The topological polar surface area (TPSA) is 0 Å². The molecule has 0 N–H and O–H groups in total. The molecule has 7 aromatic carbocycles. The summed E-state index contributed by atoms with van der Waals surface area (Å²) in [5.74, 6) is 0. The molecule has 0 aromatic heterocycles. The van der Waals surface area contributed by atoms with Crippen LogP contribution in [0.3, 0.4) is 0 Å². The predicted octanol–water partition coefficient (Wildman–Crippen LogP) is 14.1. The maximum absolute atomic E-state index is 2.37. The Morgan fingerprint density at radius 2 is 0.936 bits per heavy atom. The van der Waals surface area contributed by atoms with Crippen molar-refractivity contribution in [2.24, 2.45) is 0 Å². The van der Waals surface area contributed by atoms with E-state index in [-0.39, 0.29) is 0 Å². The monoisotopic (exact) mass is 610 g/mol. The third-order valence-corrected chi connectivity index (χ3v) is 8.79. The highest BCUT2D eigenvalue weighted by Crippen LogP contribution is 2.38. The van der Waals surface area contributed by atoms with Crippen molar-refractivity contribution in [2.75, 3.05) is 0 Å². The number of allylic oxidation sites excluding steroid dienone is 4. The molecule has 0 aliphatic carbocycles. The van der Waals surface area contributed by atoms with E-state index in [4.69, 9.17) is 0 Å². The van der Waals surface area contributed by atoms with Crippen molar-refractivity contribution in [3.05, 3.63) is 174 Å². The van der Waals surface area contributed by atoms with Crippen molar-refractivity contribution in [3.63, 3.8) is 0 Å². The highest BCUT2D eigenvalue weighted by Gasteiger charge is 2.11. The fraction of sp³-hybridized carbons (Fsp3) is 0.149. The van der Waals surface area contributed by atoms with E-state index < -0.39 is 0 Å². The Balaban J connectivity index is 0.000000244. The molecule has 0 aliphatic rings. The Morgan fingerprint density at radius 3 is 1.51 bits per heavy atom. The average Bonchev–Trinajstić information content (AvgIpc) is 3.13. The van der Waals surface area contributed by atoms with Gasteiger partial charge in [0.2, 0.25) is 0 Å². The summed E-state index contributed by atoms with van der Waals surface area (Å²) >= 11 is 0. The van der Waals surface area contributed by atoms with E-state index in [1.165, 1.54) is 82.4 Å². The van der Waals surface area contributed by atoms with Crippen LogP contribution < -0.4 is 0 Å². The summed E-state index contributed by atoms with van der Waals surface area (Å²) in [6, 6.07) is 48.6. The zero-order valence-corrected chi connectivity index (χ0v) is 28.9. The summed E-state index contributed by atoms with van der Waals surface area (Å²) in [4.78, 5) is 0. The maximum atomic E-state index is 2.37. The Kier molecular flexibility index (Phi) is 10.9. The fourth-order valence-electron chi connectivity index (χ4n) is 6.34. The number of benzene rings is 7. The van der Waals surface area contributed by atoms with Gasteiger partial charge in [-0.25, -0.2) is 0 Å². The minimum Gasteiger partial charge on any atom is -0.0871 e. The van der Waals surface area contributed by atoms with Crippen LogP contribution >= 0.6 is 0 Å². The summed E-state index contributed by atoms with van der Waals surface area (Å²) in [7, 11) is 0. The molecule has 7 aromatic rings. The first-order chi connectivity index (χ1) is 23.0. The first kappa shape index (κ1) is 33.2. The van der Waals surface area contributed by atoms with Crippen LogP contribution in [0.15, 0.2) is 152 Å². The van der Waals surface area contributed by atoms with Crippen molar-refractivity contribution >= 4 is 37.9 Å². The van der Waals surface area contributed by atoms with Gasteiger partial charge in [-0.1, -0.05) is 159 Å². The highest BCUT2D eigenvalue weighted by atomic mass is 14.1. The standard InChI is InChI=1S/C32H24.C13H16.C2H6/c1-21-9-3-4-10-25(21)31-19-23(16-15-22(31)2)24-17-18-30-28-13-6-5-11-26(28)27-12-7-8-14-29(27)32(30)20-24;1-4-6-12(5-2)13-9-7-11(3)8-10-13;1-2/h3-20H,1-2H3;4-10H,1-3H3;1-2H3/b;6-4-,12-5+;. The summed E-state index contributed by atoms with van der Waals surface area (Å²) in [5.41, 5.74) is 11.6. The van der Waals surface area contributed by atoms with Crippen LogP contribution in [0.2, 0.25) is 0 Å². The Morgan fingerprint density at radius 1 is 0.447 bits per heavy atom. The van der Waals surface area contributed by atoms with Crippen LogP contribution in [-0.4, -0.2) is 0 Å². The summed E-state index contributed by atoms with van der Waals surface area (Å²) < 4.78 is 0. The van der Waals surface area contributed by atoms with Crippen LogP contribution in [0.4, 0.5) is 0 Å². The van der Waals surface area contributed by atoms with E-state index >= 15 is 0 Å². The van der Waals surface area contributed by atoms with Crippen LogP contribution in [0.1, 0.15) is 49.9 Å². The number of hydrogen-bond acceptors (Lipinski definition) is 0. The van der Waals surface area contributed by atoms with Crippen molar-refractivity contribution in [3.8, 4) is 22.3 Å². The van der Waals surface area contributed by atoms with Gasteiger partial charge < -0.3 is 0 Å². The summed E-state index contributed by atoms with van der Waals surface area (Å²) in [6.45, 7) is 14.6. The van der Waals surface area contributed by atoms with Gasteiger partial charge in [-0.05, 0) is 124 Å². The molecular weight excluding hydrogens is 565 g/mol. The lowest BCUT2D eigenvalue weighted by molar-refractivity contribution is 1.41. The smallest absolute Gasteiger partial charge is 0.00928 e. The van der Waals surface area contributed by atoms with Gasteiger partial charge in [0.1, 0.15) is 0 Å². The second-order valence-electron chi connectivity index (χ2n) is 11.8. The van der Waals surface area contributed by atoms with Gasteiger partial charge in [0.15, 0.2) is 0 Å². The molecule has 0 radical (unpaired) electrons. The molecule has 0 fully saturated rings. The van der Waals surface area contributed by atoms with Gasteiger partial charge in [-0.3, -0.25) is 0 Å². The summed E-state index contributed by atoms with van der Waals surface area (Å²) in [6.07, 6.45) is 6.32. The molecular formula is C47H46. The molecule has 0 aliphatic heterocycles. The highest BCUT2D eigenvalue weighted by molar-refractivity contribution is 6.25. The molecule has 0 atom stereocenters. The number of fused-ring (bicyclic) bond motifs is 6. The second kappa shape index (κ2) is 15.4. The van der Waals surface area contributed by atoms with Gasteiger partial charge >= 0.3 is 0 Å². The zero-order chi connectivity index (χ0) is 33.3. The predicted molar refractivity (Wildman–Crippen MR) is 210 cm³/mol. The van der Waals surface area contributed by atoms with Gasteiger partial charge in [0.25, 0.3) is 0 Å². The molecule has 0 heteroatoms. The largest absolute Gasteiger partial charge is 0.0871 e. The first-order valence-electron chi connectivity index (χ1n) is 16.8. The molecule has 0 bridgehead atoms. The van der Waals surface area contributed by atoms with Crippen LogP contribution in [0, 0.1) is 20.8 Å². The molecule has 47 heavy (non-hydrogen) atoms. The molecule has 0 nitrogen and oxygen atoms in total. The Bertz CT molecular complexity index is 2150. The lowest BCUT2D eigenvalue weighted by Crippen LogP contribution is -1.89. The normalized spacial score (nSPS) is 11.3. The van der Waals surface area contributed by atoms with Crippen LogP contribution in [0.25, 0.3) is 60.1 Å². The van der Waals surface area contributed by atoms with Crippen molar-refractivity contribution in [1.82, 2.24) is 0 Å². The maximum Gasteiger partial charge on any atom is -0.00928 e. The first-order valence-corrected chi connectivity index (χ1v) is 16.8. The van der Waals surface area contributed by atoms with E-state index in [0.717, 1.165) is 0 Å². The summed E-state index contributed by atoms with van der Waals surface area (Å²) in [5, 5.41) is 7.90. The Labute approximate surface area is 281 Å². The SMILES string of the molecule is C/C=C\C(=C/C)c1ccc(C)cc1.CC.Cc1ccccc1-c1cc(-c2ccc3c4ccccc4c4ccccc4c3c2)ccc1C. The Hall–Kier alpha value is -5.20. The van der Waals surface area contributed by atoms with Gasteiger partial charge in [-0.2, -0.15) is 0 Å². The molecule has 0 amide bonds. The van der Waals surface area contributed by atoms with Crippen molar-refractivity contribution in [1.29, 1.82) is 0 Å². The van der Waals surface area contributed by atoms with Crippen molar-refractivity contribution < 1.29 is 0 Å². The van der Waals surface area contributed by atoms with E-state index in [2.05, 4.69) is 179 Å². The van der Waals surface area contributed by atoms with Crippen LogP contribution in [0.5, 0.6) is 0 Å². The molecule has 0 heterocycles. The van der Waals surface area contributed by atoms with Crippen molar-refractivity contribution in [2.45, 2.75) is 48.5 Å². The molecule has 0 unspecified atom stereocenters. The molecule has 7 rings (SSSR count). The third kappa shape index (κ3) is 7.13. The zero-order valence-electron chi connectivity index (χ0n) is 28.9. The fourth-order valence-corrected chi connectivity index (χ4v) is 6.34. The lowest BCUT2D eigenvalue weighted by atomic mass is 9.90.